The maximum absolute atomic E-state index is 12.1. The molecule has 1 amide bonds. The van der Waals surface area contributed by atoms with Gasteiger partial charge in [-0.05, 0) is 38.5 Å². The Bertz CT molecular complexity index is 871. The molecule has 0 spiro atoms. The average molecular weight is 340 g/mol. The van der Waals surface area contributed by atoms with Gasteiger partial charge in [0, 0.05) is 23.5 Å². The molecule has 0 aliphatic carbocycles. The van der Waals surface area contributed by atoms with E-state index in [1.54, 1.807) is 17.7 Å². The minimum Gasteiger partial charge on any atom is -0.368 e. The molecule has 5 nitrogen and oxygen atoms in total. The quantitative estimate of drug-likeness (QED) is 0.698. The fourth-order valence-corrected chi connectivity index (χ4v) is 3.48. The summed E-state index contributed by atoms with van der Waals surface area (Å²) in [5.74, 6) is 0.763. The van der Waals surface area contributed by atoms with Crippen LogP contribution in [0.4, 0.5) is 5.82 Å². The highest BCUT2D eigenvalue weighted by molar-refractivity contribution is 7.18. The van der Waals surface area contributed by atoms with Crippen LogP contribution >= 0.6 is 11.3 Å². The van der Waals surface area contributed by atoms with Gasteiger partial charge in [0.25, 0.3) is 5.91 Å². The number of carbonyl (C=O) groups is 1. The third kappa shape index (κ3) is 3.38. The number of anilines is 1. The highest BCUT2D eigenvalue weighted by Crippen LogP contribution is 2.32. The van der Waals surface area contributed by atoms with E-state index in [2.05, 4.69) is 34.4 Å². The van der Waals surface area contributed by atoms with Crippen LogP contribution in [-0.4, -0.2) is 29.0 Å². The van der Waals surface area contributed by atoms with Crippen molar-refractivity contribution in [2.75, 3.05) is 18.4 Å². The molecule has 124 valence electrons. The van der Waals surface area contributed by atoms with E-state index in [-0.39, 0.29) is 5.91 Å². The second-order valence-electron chi connectivity index (χ2n) is 5.73. The summed E-state index contributed by atoms with van der Waals surface area (Å²) in [6, 6.07) is 7.55. The van der Waals surface area contributed by atoms with E-state index in [9.17, 15) is 4.79 Å². The van der Waals surface area contributed by atoms with Crippen molar-refractivity contribution in [1.82, 2.24) is 15.3 Å². The van der Waals surface area contributed by atoms with Gasteiger partial charge in [-0.1, -0.05) is 17.7 Å². The molecular formula is C18H20N4OS. The van der Waals surface area contributed by atoms with Crippen molar-refractivity contribution < 1.29 is 4.79 Å². The third-order valence-corrected chi connectivity index (χ3v) is 5.10. The van der Waals surface area contributed by atoms with Crippen LogP contribution in [0, 0.1) is 20.8 Å². The summed E-state index contributed by atoms with van der Waals surface area (Å²) in [7, 11) is 0. The monoisotopic (exact) mass is 340 g/mol. The van der Waals surface area contributed by atoms with Gasteiger partial charge in [0.15, 0.2) is 0 Å². The Morgan fingerprint density at radius 1 is 1.08 bits per heavy atom. The number of aromatic nitrogens is 2. The summed E-state index contributed by atoms with van der Waals surface area (Å²) < 4.78 is 0. The molecule has 0 saturated heterocycles. The van der Waals surface area contributed by atoms with Gasteiger partial charge < -0.3 is 10.6 Å². The number of rotatable bonds is 5. The second kappa shape index (κ2) is 6.97. The van der Waals surface area contributed by atoms with Crippen molar-refractivity contribution in [3.05, 3.63) is 52.2 Å². The standard InChI is InChI=1S/C18H20N4OS/c1-11-4-6-14(7-5-11)17(23)20-9-8-19-16-15-12(2)13(3)24-18(15)22-10-21-16/h4-7,10H,8-9H2,1-3H3,(H,20,23)(H,19,21,22). The first-order valence-electron chi connectivity index (χ1n) is 7.85. The van der Waals surface area contributed by atoms with Gasteiger partial charge in [-0.25, -0.2) is 9.97 Å². The molecule has 2 aromatic heterocycles. The van der Waals surface area contributed by atoms with Gasteiger partial charge in [0.1, 0.15) is 17.0 Å². The Kier molecular flexibility index (Phi) is 4.76. The zero-order chi connectivity index (χ0) is 17.1. The van der Waals surface area contributed by atoms with E-state index in [0.29, 0.717) is 18.7 Å². The lowest BCUT2D eigenvalue weighted by molar-refractivity contribution is 0.0955. The molecular weight excluding hydrogens is 320 g/mol. The summed E-state index contributed by atoms with van der Waals surface area (Å²) in [6.07, 6.45) is 1.57. The number of nitrogens with zero attached hydrogens (tertiary/aromatic N) is 2. The normalized spacial score (nSPS) is 10.8. The molecule has 0 bridgehead atoms. The van der Waals surface area contributed by atoms with Gasteiger partial charge in [-0.15, -0.1) is 11.3 Å². The second-order valence-corrected chi connectivity index (χ2v) is 6.94. The van der Waals surface area contributed by atoms with Gasteiger partial charge in [-0.3, -0.25) is 4.79 Å². The fraction of sp³-hybridized carbons (Fsp3) is 0.278. The SMILES string of the molecule is Cc1ccc(C(=O)NCCNc2ncnc3sc(C)c(C)c23)cc1. The van der Waals surface area contributed by atoms with Crippen LogP contribution in [0.1, 0.15) is 26.4 Å². The lowest BCUT2D eigenvalue weighted by Gasteiger charge is -2.09. The van der Waals surface area contributed by atoms with Gasteiger partial charge >= 0.3 is 0 Å². The first-order chi connectivity index (χ1) is 11.6. The molecule has 1 aromatic carbocycles. The summed E-state index contributed by atoms with van der Waals surface area (Å²) >= 11 is 1.67. The van der Waals surface area contributed by atoms with Gasteiger partial charge in [0.05, 0.1) is 5.39 Å². The number of carbonyl (C=O) groups excluding carboxylic acids is 1. The van der Waals surface area contributed by atoms with Crippen molar-refractivity contribution in [1.29, 1.82) is 0 Å². The van der Waals surface area contributed by atoms with E-state index in [1.165, 1.54) is 10.4 Å². The Morgan fingerprint density at radius 2 is 1.83 bits per heavy atom. The lowest BCUT2D eigenvalue weighted by Crippen LogP contribution is -2.28. The molecule has 2 N–H and O–H groups in total. The number of thiophene rings is 1. The molecule has 2 heterocycles. The van der Waals surface area contributed by atoms with Crippen LogP contribution in [0.5, 0.6) is 0 Å². The summed E-state index contributed by atoms with van der Waals surface area (Å²) in [5, 5.41) is 7.29. The number of hydrogen-bond donors (Lipinski definition) is 2. The fourth-order valence-electron chi connectivity index (χ4n) is 2.48. The Hall–Kier alpha value is -2.47. The zero-order valence-corrected chi connectivity index (χ0v) is 14.8. The maximum atomic E-state index is 12.1. The molecule has 0 aliphatic heterocycles. The Morgan fingerprint density at radius 3 is 2.58 bits per heavy atom. The number of fused-ring (bicyclic) bond motifs is 1. The number of nitrogens with one attached hydrogen (secondary N) is 2. The van der Waals surface area contributed by atoms with E-state index < -0.39 is 0 Å². The lowest BCUT2D eigenvalue weighted by atomic mass is 10.1. The molecule has 0 atom stereocenters. The molecule has 0 fully saturated rings. The van der Waals surface area contributed by atoms with Crippen molar-refractivity contribution in [2.45, 2.75) is 20.8 Å². The first kappa shape index (κ1) is 16.4. The molecule has 0 saturated carbocycles. The predicted molar refractivity (Wildman–Crippen MR) is 98.9 cm³/mol. The number of benzene rings is 1. The third-order valence-electron chi connectivity index (χ3n) is 3.98. The topological polar surface area (TPSA) is 66.9 Å². The van der Waals surface area contributed by atoms with Crippen LogP contribution in [0.2, 0.25) is 0 Å². The molecule has 3 aromatic rings. The van der Waals surface area contributed by atoms with Gasteiger partial charge in [-0.2, -0.15) is 0 Å². The van der Waals surface area contributed by atoms with Crippen molar-refractivity contribution in [3.8, 4) is 0 Å². The van der Waals surface area contributed by atoms with E-state index in [0.717, 1.165) is 21.6 Å². The number of hydrogen-bond acceptors (Lipinski definition) is 5. The number of amides is 1. The van der Waals surface area contributed by atoms with Crippen LogP contribution in [-0.2, 0) is 0 Å². The summed E-state index contributed by atoms with van der Waals surface area (Å²) in [6.45, 7) is 7.32. The zero-order valence-electron chi connectivity index (χ0n) is 14.0. The smallest absolute Gasteiger partial charge is 0.251 e. The van der Waals surface area contributed by atoms with Crippen molar-refractivity contribution >= 4 is 33.3 Å². The molecule has 24 heavy (non-hydrogen) atoms. The van der Waals surface area contributed by atoms with Crippen LogP contribution in [0.3, 0.4) is 0 Å². The molecule has 0 unspecified atom stereocenters. The number of aryl methyl sites for hydroxylation is 3. The highest BCUT2D eigenvalue weighted by Gasteiger charge is 2.11. The van der Waals surface area contributed by atoms with Crippen molar-refractivity contribution in [3.63, 3.8) is 0 Å². The van der Waals surface area contributed by atoms with Crippen LogP contribution < -0.4 is 10.6 Å². The minimum absolute atomic E-state index is 0.0628. The van der Waals surface area contributed by atoms with E-state index in [1.807, 2.05) is 31.2 Å². The molecule has 0 radical (unpaired) electrons. The van der Waals surface area contributed by atoms with Gasteiger partial charge in [0.2, 0.25) is 0 Å². The van der Waals surface area contributed by atoms with Crippen LogP contribution in [0.25, 0.3) is 10.2 Å². The minimum atomic E-state index is -0.0628. The Balaban J connectivity index is 1.59. The van der Waals surface area contributed by atoms with Crippen LogP contribution in [0.15, 0.2) is 30.6 Å². The first-order valence-corrected chi connectivity index (χ1v) is 8.67. The van der Waals surface area contributed by atoms with E-state index in [4.69, 9.17) is 0 Å². The highest BCUT2D eigenvalue weighted by atomic mass is 32.1. The predicted octanol–water partition coefficient (Wildman–Crippen LogP) is 3.46. The molecule has 6 heteroatoms. The summed E-state index contributed by atoms with van der Waals surface area (Å²) in [5.41, 5.74) is 3.03. The van der Waals surface area contributed by atoms with E-state index >= 15 is 0 Å². The maximum Gasteiger partial charge on any atom is 0.251 e. The molecule has 3 rings (SSSR count). The molecule has 0 aliphatic rings. The van der Waals surface area contributed by atoms with Crippen molar-refractivity contribution in [2.24, 2.45) is 0 Å². The largest absolute Gasteiger partial charge is 0.368 e. The summed E-state index contributed by atoms with van der Waals surface area (Å²) in [4.78, 5) is 23.0. The average Bonchev–Trinajstić information content (AvgIpc) is 2.87. The Labute approximate surface area is 145 Å².